The second-order valence-corrected chi connectivity index (χ2v) is 8.65. The number of halogens is 4. The Balaban J connectivity index is 2.11. The van der Waals surface area contributed by atoms with Crippen molar-refractivity contribution >= 4 is 39.1 Å². The molecule has 31 heavy (non-hydrogen) atoms. The lowest BCUT2D eigenvalue weighted by atomic mass is 10.2. The van der Waals surface area contributed by atoms with Crippen LogP contribution in [-0.2, 0) is 21.0 Å². The van der Waals surface area contributed by atoms with E-state index in [2.05, 4.69) is 19.9 Å². The van der Waals surface area contributed by atoms with Gasteiger partial charge in [-0.2, -0.15) is 13.2 Å². The van der Waals surface area contributed by atoms with Crippen LogP contribution in [0.1, 0.15) is 24.1 Å². The zero-order valence-corrected chi connectivity index (χ0v) is 17.0. The number of Topliss-reactive ketones (excluding diaryl/α,β-unsaturated/α-hetero) is 1. The van der Waals surface area contributed by atoms with Crippen molar-refractivity contribution < 1.29 is 40.6 Å². The average Bonchev–Trinajstić information content (AvgIpc) is 3.10. The normalized spacial score (nSPS) is 12.8. The van der Waals surface area contributed by atoms with Crippen LogP contribution in [0.25, 0.3) is 0 Å². The Hall–Kier alpha value is -2.56. The number of alkyl halides is 3. The molecular weight excluding hydrogens is 470 g/mol. The van der Waals surface area contributed by atoms with E-state index in [1.54, 1.807) is 5.48 Å². The lowest BCUT2D eigenvalue weighted by Crippen LogP contribution is -2.23. The summed E-state index contributed by atoms with van der Waals surface area (Å²) < 4.78 is 78.2. The smallest absolute Gasteiger partial charge is 0.299 e. The first kappa shape index (κ1) is 24.7. The number of nitrogens with one attached hydrogen (secondary N) is 1. The van der Waals surface area contributed by atoms with Crippen LogP contribution in [0, 0.1) is 5.82 Å². The van der Waals surface area contributed by atoms with Crippen LogP contribution < -0.4 is 10.6 Å². The molecule has 0 saturated carbocycles. The molecule has 0 fully saturated rings. The van der Waals surface area contributed by atoms with Crippen LogP contribution >= 0.6 is 11.8 Å². The number of carbonyl (C=O) groups excluding carboxylic acids is 1. The first-order valence-corrected chi connectivity index (χ1v) is 10.9. The molecule has 0 bridgehead atoms. The predicted molar refractivity (Wildman–Crippen MR) is 99.8 cm³/mol. The van der Waals surface area contributed by atoms with Crippen LogP contribution in [0.5, 0.6) is 0 Å². The van der Waals surface area contributed by atoms with Crippen molar-refractivity contribution in [3.05, 3.63) is 35.3 Å². The average molecular weight is 485 g/mol. The fourth-order valence-corrected chi connectivity index (χ4v) is 3.65. The van der Waals surface area contributed by atoms with Gasteiger partial charge in [-0.3, -0.25) is 15.5 Å². The number of hydrogen-bond donors (Lipinski definition) is 3. The Morgan fingerprint density at radius 1 is 1.32 bits per heavy atom. The number of primary sulfonamides is 1. The van der Waals surface area contributed by atoms with Crippen molar-refractivity contribution in [1.82, 2.24) is 15.8 Å². The number of nitrogens with zero attached hydrogens (tertiary/aromatic N) is 3. The van der Waals surface area contributed by atoms with E-state index in [-0.39, 0.29) is 35.0 Å². The number of amidine groups is 1. The van der Waals surface area contributed by atoms with Gasteiger partial charge in [0, 0.05) is 12.2 Å². The molecule has 1 aromatic heterocycles. The van der Waals surface area contributed by atoms with Crippen LogP contribution in [-0.4, -0.2) is 47.1 Å². The van der Waals surface area contributed by atoms with Crippen LogP contribution in [0.3, 0.4) is 0 Å². The number of thioether (sulfide) groups is 1. The molecule has 16 heteroatoms. The molecule has 0 radical (unpaired) electrons. The van der Waals surface area contributed by atoms with Gasteiger partial charge in [0.2, 0.25) is 10.0 Å². The number of nitrogens with two attached hydrogens (primary N) is 1. The molecule has 0 amide bonds. The Kier molecular flexibility index (Phi) is 8.10. The van der Waals surface area contributed by atoms with Gasteiger partial charge in [-0.05, 0) is 34.9 Å². The van der Waals surface area contributed by atoms with E-state index in [0.29, 0.717) is 12.1 Å². The van der Waals surface area contributed by atoms with Gasteiger partial charge in [-0.1, -0.05) is 0 Å². The minimum atomic E-state index is -4.94. The minimum Gasteiger partial charge on any atom is -0.299 e. The zero-order chi connectivity index (χ0) is 23.2. The Morgan fingerprint density at radius 2 is 2.03 bits per heavy atom. The number of carbonyl (C=O) groups is 1. The number of rotatable bonds is 9. The van der Waals surface area contributed by atoms with E-state index in [4.69, 9.17) is 5.14 Å². The summed E-state index contributed by atoms with van der Waals surface area (Å²) in [5, 5.41) is 21.3. The molecule has 0 spiro atoms. The first-order chi connectivity index (χ1) is 14.4. The lowest BCUT2D eigenvalue weighted by Gasteiger charge is -2.09. The van der Waals surface area contributed by atoms with Gasteiger partial charge >= 0.3 is 6.18 Å². The number of benzene rings is 1. The maximum Gasteiger partial charge on any atom is 0.419 e. The molecule has 0 aliphatic heterocycles. The van der Waals surface area contributed by atoms with Gasteiger partial charge in [0.05, 0.1) is 11.3 Å². The van der Waals surface area contributed by atoms with Crippen molar-refractivity contribution in [2.75, 3.05) is 11.5 Å². The lowest BCUT2D eigenvalue weighted by molar-refractivity contribution is -0.140. The van der Waals surface area contributed by atoms with E-state index in [1.165, 1.54) is 0 Å². The van der Waals surface area contributed by atoms with Crippen molar-refractivity contribution in [3.63, 3.8) is 0 Å². The number of aromatic nitrogens is 2. The van der Waals surface area contributed by atoms with Crippen molar-refractivity contribution in [3.8, 4) is 0 Å². The summed E-state index contributed by atoms with van der Waals surface area (Å²) in [6, 6.07) is 1.98. The topological polar surface area (TPSA) is 161 Å². The molecule has 0 aliphatic rings. The fraction of sp³-hybridized carbons (Fsp3) is 0.333. The molecule has 2 rings (SSSR count). The number of sulfonamides is 1. The monoisotopic (exact) mass is 485 g/mol. The van der Waals surface area contributed by atoms with Gasteiger partial charge in [0.1, 0.15) is 17.4 Å². The Labute approximate surface area is 176 Å². The number of aliphatic imine (C=N–C) groups is 1. The molecular formula is C15H15F4N5O5S2. The van der Waals surface area contributed by atoms with E-state index >= 15 is 0 Å². The largest absolute Gasteiger partial charge is 0.419 e. The molecule has 0 unspecified atom stereocenters. The summed E-state index contributed by atoms with van der Waals surface area (Å²) in [6.45, 7) is 0. The highest BCUT2D eigenvalue weighted by molar-refractivity contribution is 7.99. The molecule has 0 aliphatic carbocycles. The molecule has 1 heterocycles. The SMILES string of the molecule is NS(=O)(=O)CC(=O)CCCSc1nonc1C(=Nc1ccc(F)c(C(F)(F)F)c1)NO. The number of hydroxylamine groups is 1. The molecule has 2 aromatic rings. The third kappa shape index (κ3) is 7.57. The predicted octanol–water partition coefficient (Wildman–Crippen LogP) is 2.01. The molecule has 0 saturated heterocycles. The van der Waals surface area contributed by atoms with E-state index in [9.17, 15) is 36.0 Å². The summed E-state index contributed by atoms with van der Waals surface area (Å²) in [5.74, 6) is -3.00. The van der Waals surface area contributed by atoms with E-state index < -0.39 is 45.0 Å². The van der Waals surface area contributed by atoms with Crippen LogP contribution in [0.4, 0.5) is 23.2 Å². The molecule has 0 atom stereocenters. The fourth-order valence-electron chi connectivity index (χ4n) is 2.21. The second kappa shape index (κ2) is 10.2. The Morgan fingerprint density at radius 3 is 2.65 bits per heavy atom. The highest BCUT2D eigenvalue weighted by Gasteiger charge is 2.34. The second-order valence-electron chi connectivity index (χ2n) is 5.95. The third-order valence-electron chi connectivity index (χ3n) is 3.49. The summed E-state index contributed by atoms with van der Waals surface area (Å²) in [4.78, 5) is 15.3. The molecule has 1 aromatic carbocycles. The summed E-state index contributed by atoms with van der Waals surface area (Å²) in [6.07, 6.45) is -4.77. The zero-order valence-electron chi connectivity index (χ0n) is 15.4. The van der Waals surface area contributed by atoms with Crippen molar-refractivity contribution in [1.29, 1.82) is 0 Å². The first-order valence-electron chi connectivity index (χ1n) is 8.24. The van der Waals surface area contributed by atoms with Crippen molar-refractivity contribution in [2.24, 2.45) is 10.1 Å². The maximum atomic E-state index is 13.4. The standard InChI is InChI=1S/C15H15F4N5O5S2/c16-11-4-3-8(6-10(11)15(17,18)19)21-13(22-26)12-14(24-29-23-12)30-5-1-2-9(25)7-31(20,27)28/h3-4,6,26H,1-2,5,7H2,(H,21,22)(H2,20,27,28). The van der Waals surface area contributed by atoms with Gasteiger partial charge in [-0.15, -0.1) is 11.8 Å². The summed E-state index contributed by atoms with van der Waals surface area (Å²) in [7, 11) is -3.91. The number of hydrogen-bond acceptors (Lipinski definition) is 9. The molecule has 10 nitrogen and oxygen atoms in total. The summed E-state index contributed by atoms with van der Waals surface area (Å²) >= 11 is 1.01. The van der Waals surface area contributed by atoms with Crippen LogP contribution in [0.15, 0.2) is 32.8 Å². The molecule has 170 valence electrons. The van der Waals surface area contributed by atoms with E-state index in [1.807, 2.05) is 0 Å². The van der Waals surface area contributed by atoms with Crippen molar-refractivity contribution in [2.45, 2.75) is 24.0 Å². The Bertz CT molecular complexity index is 1070. The van der Waals surface area contributed by atoms with E-state index in [0.717, 1.165) is 17.8 Å². The van der Waals surface area contributed by atoms with Gasteiger partial charge in [0.15, 0.2) is 16.6 Å². The minimum absolute atomic E-state index is 0.0704. The highest BCUT2D eigenvalue weighted by atomic mass is 32.2. The van der Waals surface area contributed by atoms with Gasteiger partial charge in [0.25, 0.3) is 0 Å². The third-order valence-corrected chi connectivity index (χ3v) is 5.24. The van der Waals surface area contributed by atoms with Gasteiger partial charge < -0.3 is 0 Å². The summed E-state index contributed by atoms with van der Waals surface area (Å²) in [5.41, 5.74) is -0.361. The quantitative estimate of drug-likeness (QED) is 0.120. The highest BCUT2D eigenvalue weighted by Crippen LogP contribution is 2.34. The maximum absolute atomic E-state index is 13.4. The molecule has 4 N–H and O–H groups in total. The van der Waals surface area contributed by atoms with Crippen LogP contribution in [0.2, 0.25) is 0 Å². The number of ketones is 1. The van der Waals surface area contributed by atoms with Gasteiger partial charge in [-0.25, -0.2) is 27.6 Å².